The molecule has 1 N–H and O–H groups in total. The van der Waals surface area contributed by atoms with Gasteiger partial charge in [-0.3, -0.25) is 4.90 Å². The van der Waals surface area contributed by atoms with Gasteiger partial charge in [0.2, 0.25) is 0 Å². The highest BCUT2D eigenvalue weighted by molar-refractivity contribution is 7.11. The van der Waals surface area contributed by atoms with Crippen molar-refractivity contribution in [2.45, 2.75) is 32.0 Å². The van der Waals surface area contributed by atoms with E-state index in [2.05, 4.69) is 24.0 Å². The highest BCUT2D eigenvalue weighted by Crippen LogP contribution is 2.39. The fourth-order valence-corrected chi connectivity index (χ4v) is 5.36. The zero-order valence-electron chi connectivity index (χ0n) is 21.9. The molecule has 0 saturated heterocycles. The second-order valence-corrected chi connectivity index (χ2v) is 10.4. The molecule has 0 spiro atoms. The van der Waals surface area contributed by atoms with Crippen molar-refractivity contribution in [3.8, 4) is 11.5 Å². The molecule has 0 aliphatic rings. The number of rotatable bonds is 13. The van der Waals surface area contributed by atoms with Gasteiger partial charge >= 0.3 is 0 Å². The Morgan fingerprint density at radius 2 is 1.43 bits per heavy atom. The number of methoxy groups -OCH3 is 3. The third-order valence-electron chi connectivity index (χ3n) is 6.41. The standard InChI is InChI=1S/C30H35NO5S/c1-22-6-16-28(37-22)21-31(18-5-19-33-2)20-27-15-17-29(36-27)30(32,23-7-11-25(34-3)12-8-23)24-9-13-26(35-4)14-10-24/h6-17,32H,5,18-21H2,1-4H3. The van der Waals surface area contributed by atoms with E-state index in [9.17, 15) is 5.11 Å². The van der Waals surface area contributed by atoms with Crippen molar-refractivity contribution in [1.29, 1.82) is 0 Å². The van der Waals surface area contributed by atoms with E-state index < -0.39 is 5.60 Å². The van der Waals surface area contributed by atoms with E-state index in [1.165, 1.54) is 9.75 Å². The van der Waals surface area contributed by atoms with Gasteiger partial charge in [0.15, 0.2) is 5.60 Å². The van der Waals surface area contributed by atoms with Crippen molar-refractivity contribution in [1.82, 2.24) is 4.90 Å². The highest BCUT2D eigenvalue weighted by atomic mass is 32.1. The highest BCUT2D eigenvalue weighted by Gasteiger charge is 2.37. The lowest BCUT2D eigenvalue weighted by Crippen LogP contribution is -2.28. The van der Waals surface area contributed by atoms with E-state index in [-0.39, 0.29) is 0 Å². The minimum atomic E-state index is -1.48. The van der Waals surface area contributed by atoms with Crippen LogP contribution in [-0.2, 0) is 23.4 Å². The maximum absolute atomic E-state index is 12.2. The van der Waals surface area contributed by atoms with E-state index in [0.29, 0.717) is 30.0 Å². The first-order chi connectivity index (χ1) is 18.0. The molecule has 37 heavy (non-hydrogen) atoms. The second-order valence-electron chi connectivity index (χ2n) is 9.00. The van der Waals surface area contributed by atoms with Crippen molar-refractivity contribution < 1.29 is 23.7 Å². The summed E-state index contributed by atoms with van der Waals surface area (Å²) in [6, 6.07) is 23.0. The maximum Gasteiger partial charge on any atom is 0.173 e. The van der Waals surface area contributed by atoms with Crippen LogP contribution >= 0.6 is 11.3 Å². The lowest BCUT2D eigenvalue weighted by atomic mass is 9.84. The number of furan rings is 1. The van der Waals surface area contributed by atoms with Crippen LogP contribution in [0.2, 0.25) is 0 Å². The number of hydrogen-bond acceptors (Lipinski definition) is 7. The Labute approximate surface area is 223 Å². The van der Waals surface area contributed by atoms with Crippen LogP contribution in [0.15, 0.2) is 77.2 Å². The molecule has 0 aliphatic heterocycles. The monoisotopic (exact) mass is 521 g/mol. The fraction of sp³-hybridized carbons (Fsp3) is 0.333. The Hall–Kier alpha value is -3.10. The number of aryl methyl sites for hydroxylation is 1. The van der Waals surface area contributed by atoms with E-state index >= 15 is 0 Å². The molecular formula is C30H35NO5S. The van der Waals surface area contributed by atoms with Crippen LogP contribution in [0.4, 0.5) is 0 Å². The molecule has 0 saturated carbocycles. The van der Waals surface area contributed by atoms with Gasteiger partial charge in [-0.1, -0.05) is 24.3 Å². The Morgan fingerprint density at radius 1 is 0.811 bits per heavy atom. The summed E-state index contributed by atoms with van der Waals surface area (Å²) in [7, 11) is 4.98. The van der Waals surface area contributed by atoms with Crippen LogP contribution in [0.1, 0.15) is 38.8 Å². The molecule has 0 radical (unpaired) electrons. The first-order valence-electron chi connectivity index (χ1n) is 12.3. The molecule has 2 heterocycles. The van der Waals surface area contributed by atoms with Gasteiger partial charge < -0.3 is 23.7 Å². The minimum Gasteiger partial charge on any atom is -0.497 e. The largest absolute Gasteiger partial charge is 0.497 e. The molecule has 4 aromatic rings. The Bertz CT molecular complexity index is 1200. The van der Waals surface area contributed by atoms with E-state index in [1.54, 1.807) is 21.3 Å². The van der Waals surface area contributed by atoms with Gasteiger partial charge in [0.05, 0.1) is 20.8 Å². The van der Waals surface area contributed by atoms with Crippen LogP contribution in [0.25, 0.3) is 0 Å². The molecule has 196 valence electrons. The second kappa shape index (κ2) is 12.4. The number of benzene rings is 2. The van der Waals surface area contributed by atoms with Crippen LogP contribution in [-0.4, -0.2) is 44.5 Å². The fourth-order valence-electron chi connectivity index (χ4n) is 4.43. The number of aliphatic hydroxyl groups is 1. The van der Waals surface area contributed by atoms with Crippen molar-refractivity contribution in [3.05, 3.63) is 105 Å². The number of hydrogen-bond donors (Lipinski definition) is 1. The van der Waals surface area contributed by atoms with Crippen LogP contribution in [0.3, 0.4) is 0 Å². The molecule has 0 bridgehead atoms. The van der Waals surface area contributed by atoms with E-state index in [4.69, 9.17) is 18.6 Å². The van der Waals surface area contributed by atoms with Gasteiger partial charge in [-0.15, -0.1) is 11.3 Å². The molecule has 2 aromatic carbocycles. The van der Waals surface area contributed by atoms with Crippen molar-refractivity contribution in [3.63, 3.8) is 0 Å². The minimum absolute atomic E-state index is 0.460. The van der Waals surface area contributed by atoms with Crippen molar-refractivity contribution in [2.24, 2.45) is 0 Å². The topological polar surface area (TPSA) is 64.3 Å². The summed E-state index contributed by atoms with van der Waals surface area (Å²) in [5.41, 5.74) is -0.113. The molecule has 0 aliphatic carbocycles. The summed E-state index contributed by atoms with van der Waals surface area (Å²) >= 11 is 1.81. The zero-order chi connectivity index (χ0) is 26.3. The quantitative estimate of drug-likeness (QED) is 0.218. The van der Waals surface area contributed by atoms with Crippen LogP contribution < -0.4 is 9.47 Å². The Balaban J connectivity index is 1.64. The Kier molecular flexibility index (Phi) is 9.05. The van der Waals surface area contributed by atoms with Crippen molar-refractivity contribution >= 4 is 11.3 Å². The van der Waals surface area contributed by atoms with Gasteiger partial charge in [0, 0.05) is 36.6 Å². The van der Waals surface area contributed by atoms with Crippen molar-refractivity contribution in [2.75, 3.05) is 34.5 Å². The smallest absolute Gasteiger partial charge is 0.173 e. The molecule has 7 heteroatoms. The van der Waals surface area contributed by atoms with Gasteiger partial charge in [-0.05, 0) is 73.0 Å². The van der Waals surface area contributed by atoms with E-state index in [1.807, 2.05) is 72.0 Å². The molecule has 0 fully saturated rings. The summed E-state index contributed by atoms with van der Waals surface area (Å²) in [5.74, 6) is 2.69. The number of thiophene rings is 1. The van der Waals surface area contributed by atoms with E-state index in [0.717, 1.165) is 36.8 Å². The first-order valence-corrected chi connectivity index (χ1v) is 13.1. The number of ether oxygens (including phenoxy) is 3. The summed E-state index contributed by atoms with van der Waals surface area (Å²) in [6.45, 7) is 5.17. The molecule has 0 unspecified atom stereocenters. The number of nitrogens with zero attached hydrogens (tertiary/aromatic N) is 1. The van der Waals surface area contributed by atoms with Crippen LogP contribution in [0, 0.1) is 6.92 Å². The third-order valence-corrected chi connectivity index (χ3v) is 7.40. The van der Waals surface area contributed by atoms with Crippen LogP contribution in [0.5, 0.6) is 11.5 Å². The molecular weight excluding hydrogens is 486 g/mol. The van der Waals surface area contributed by atoms with Gasteiger partial charge in [0.25, 0.3) is 0 Å². The molecule has 2 aromatic heterocycles. The van der Waals surface area contributed by atoms with Gasteiger partial charge in [-0.2, -0.15) is 0 Å². The maximum atomic E-state index is 12.2. The molecule has 4 rings (SSSR count). The summed E-state index contributed by atoms with van der Waals surface area (Å²) < 4.78 is 22.3. The average Bonchev–Trinajstić information content (AvgIpc) is 3.57. The summed E-state index contributed by atoms with van der Waals surface area (Å²) in [6.07, 6.45) is 0.927. The zero-order valence-corrected chi connectivity index (χ0v) is 22.7. The summed E-state index contributed by atoms with van der Waals surface area (Å²) in [4.78, 5) is 4.97. The first kappa shape index (κ1) is 26.9. The third kappa shape index (κ3) is 6.43. The average molecular weight is 522 g/mol. The van der Waals surface area contributed by atoms with Gasteiger partial charge in [-0.25, -0.2) is 0 Å². The lowest BCUT2D eigenvalue weighted by Gasteiger charge is -2.28. The Morgan fingerprint density at radius 3 is 1.95 bits per heavy atom. The normalized spacial score (nSPS) is 11.7. The SMILES string of the molecule is COCCCN(Cc1ccc(C(O)(c2ccc(OC)cc2)c2ccc(OC)cc2)o1)Cc1ccc(C)s1. The molecule has 0 amide bonds. The summed E-state index contributed by atoms with van der Waals surface area (Å²) in [5, 5.41) is 12.2. The lowest BCUT2D eigenvalue weighted by molar-refractivity contribution is 0.0947. The molecule has 6 nitrogen and oxygen atoms in total. The predicted octanol–water partition coefficient (Wildman–Crippen LogP) is 5.99. The molecule has 0 atom stereocenters. The van der Waals surface area contributed by atoms with Gasteiger partial charge in [0.1, 0.15) is 23.0 Å². The predicted molar refractivity (Wildman–Crippen MR) is 146 cm³/mol.